The average Bonchev–Trinajstić information content (AvgIpc) is 2.62. The first-order valence-electron chi connectivity index (χ1n) is 9.19. The van der Waals surface area contributed by atoms with Crippen molar-refractivity contribution in [1.29, 1.82) is 0 Å². The highest BCUT2D eigenvalue weighted by Gasteiger charge is 2.35. The number of aromatic nitrogens is 2. The van der Waals surface area contributed by atoms with Crippen LogP contribution < -0.4 is 15.2 Å². The van der Waals surface area contributed by atoms with Crippen LogP contribution in [-0.2, 0) is 0 Å². The molecule has 2 aliphatic rings. The summed E-state index contributed by atoms with van der Waals surface area (Å²) in [5.41, 5.74) is 7.59. The fourth-order valence-electron chi connectivity index (χ4n) is 3.57. The monoisotopic (exact) mass is 352 g/mol. The molecule has 1 aliphatic carbocycles. The number of anilines is 1. The van der Waals surface area contributed by atoms with Gasteiger partial charge in [0.05, 0.1) is 11.8 Å². The van der Waals surface area contributed by atoms with Crippen LogP contribution in [-0.4, -0.2) is 27.4 Å². The molecule has 0 radical (unpaired) electrons. The molecular formula is C20H24N4O2. The Morgan fingerprint density at radius 2 is 1.81 bits per heavy atom. The van der Waals surface area contributed by atoms with E-state index in [1.54, 1.807) is 0 Å². The van der Waals surface area contributed by atoms with Gasteiger partial charge >= 0.3 is 0 Å². The van der Waals surface area contributed by atoms with Gasteiger partial charge in [-0.05, 0) is 63.8 Å². The van der Waals surface area contributed by atoms with E-state index in [1.807, 2.05) is 38.1 Å². The molecule has 1 aromatic heterocycles. The van der Waals surface area contributed by atoms with Crippen LogP contribution in [0.1, 0.15) is 51.5 Å². The third kappa shape index (κ3) is 3.23. The first-order chi connectivity index (χ1) is 12.5. The van der Waals surface area contributed by atoms with Crippen LogP contribution in [0.2, 0.25) is 0 Å². The van der Waals surface area contributed by atoms with Crippen molar-refractivity contribution in [3.8, 4) is 11.6 Å². The molecule has 1 aromatic carbocycles. The standard InChI is InChI=1S/C20H24N4O2/c1-20(2)17(24-16-18(21)22-12-23-19(16)26-20)13-8-10-15(11-9-13)25-14-6-4-3-5-7-14/h8-12,14H,3-7H2,1-2H3,(H2,21,22,23). The molecule has 136 valence electrons. The van der Waals surface area contributed by atoms with Crippen molar-refractivity contribution < 1.29 is 9.47 Å². The van der Waals surface area contributed by atoms with Gasteiger partial charge in [0.15, 0.2) is 11.5 Å². The van der Waals surface area contributed by atoms with Crippen LogP contribution in [0.25, 0.3) is 0 Å². The average molecular weight is 352 g/mol. The first-order valence-corrected chi connectivity index (χ1v) is 9.19. The third-order valence-corrected chi connectivity index (χ3v) is 4.95. The number of nitrogens with zero attached hydrogens (tertiary/aromatic N) is 3. The zero-order valence-electron chi connectivity index (χ0n) is 15.2. The summed E-state index contributed by atoms with van der Waals surface area (Å²) in [6, 6.07) is 8.05. The number of benzene rings is 1. The second kappa shape index (κ2) is 6.59. The molecule has 1 aliphatic heterocycles. The highest BCUT2D eigenvalue weighted by molar-refractivity contribution is 6.09. The number of hydrogen-bond donors (Lipinski definition) is 1. The Labute approximate surface area is 153 Å². The number of hydrogen-bond acceptors (Lipinski definition) is 6. The predicted octanol–water partition coefficient (Wildman–Crippen LogP) is 4.06. The molecule has 0 saturated heterocycles. The lowest BCUT2D eigenvalue weighted by Crippen LogP contribution is -2.41. The summed E-state index contributed by atoms with van der Waals surface area (Å²) in [5.74, 6) is 1.64. The maximum absolute atomic E-state index is 6.11. The van der Waals surface area contributed by atoms with Crippen LogP contribution in [0.5, 0.6) is 11.6 Å². The van der Waals surface area contributed by atoms with Crippen LogP contribution in [0.3, 0.4) is 0 Å². The van der Waals surface area contributed by atoms with Gasteiger partial charge in [-0.2, -0.15) is 4.98 Å². The zero-order valence-corrected chi connectivity index (χ0v) is 15.2. The Balaban J connectivity index is 1.60. The van der Waals surface area contributed by atoms with Gasteiger partial charge in [-0.15, -0.1) is 0 Å². The molecule has 2 N–H and O–H groups in total. The number of nitrogen functional groups attached to an aromatic ring is 1. The first kappa shape index (κ1) is 16.8. The van der Waals surface area contributed by atoms with Crippen LogP contribution in [0.4, 0.5) is 11.5 Å². The van der Waals surface area contributed by atoms with Crippen LogP contribution in [0.15, 0.2) is 35.6 Å². The number of aliphatic imine (C=N–C) groups is 1. The minimum atomic E-state index is -0.612. The summed E-state index contributed by atoms with van der Waals surface area (Å²) >= 11 is 0. The van der Waals surface area contributed by atoms with Gasteiger partial charge in [-0.3, -0.25) is 0 Å². The molecule has 2 heterocycles. The maximum atomic E-state index is 6.11. The fourth-order valence-corrected chi connectivity index (χ4v) is 3.57. The van der Waals surface area contributed by atoms with Crippen molar-refractivity contribution >= 4 is 17.2 Å². The number of ether oxygens (including phenoxy) is 2. The van der Waals surface area contributed by atoms with Crippen molar-refractivity contribution in [2.75, 3.05) is 5.73 Å². The van der Waals surface area contributed by atoms with Crippen molar-refractivity contribution in [3.05, 3.63) is 36.2 Å². The quantitative estimate of drug-likeness (QED) is 0.900. The lowest BCUT2D eigenvalue weighted by molar-refractivity contribution is 0.155. The van der Waals surface area contributed by atoms with E-state index in [0.29, 0.717) is 23.5 Å². The largest absolute Gasteiger partial charge is 0.490 e. The number of nitrogens with two attached hydrogens (primary N) is 1. The van der Waals surface area contributed by atoms with E-state index in [0.717, 1.165) is 29.9 Å². The predicted molar refractivity (Wildman–Crippen MR) is 101 cm³/mol. The summed E-state index contributed by atoms with van der Waals surface area (Å²) < 4.78 is 12.1. The van der Waals surface area contributed by atoms with E-state index in [-0.39, 0.29) is 0 Å². The second-order valence-corrected chi connectivity index (χ2v) is 7.39. The smallest absolute Gasteiger partial charge is 0.246 e. The molecule has 0 amide bonds. The molecule has 2 aromatic rings. The maximum Gasteiger partial charge on any atom is 0.246 e. The van der Waals surface area contributed by atoms with Crippen molar-refractivity contribution in [3.63, 3.8) is 0 Å². The molecule has 26 heavy (non-hydrogen) atoms. The molecule has 0 atom stereocenters. The summed E-state index contributed by atoms with van der Waals surface area (Å²) in [7, 11) is 0. The molecule has 0 unspecified atom stereocenters. The van der Waals surface area contributed by atoms with E-state index < -0.39 is 5.60 Å². The minimum absolute atomic E-state index is 0.320. The number of rotatable bonds is 3. The SMILES string of the molecule is CC1(C)Oc2ncnc(N)c2N=C1c1ccc(OC2CCCCC2)cc1. The fraction of sp³-hybridized carbons (Fsp3) is 0.450. The Bertz CT molecular complexity index is 824. The van der Waals surface area contributed by atoms with Gasteiger partial charge in [0.25, 0.3) is 0 Å². The Morgan fingerprint density at radius 3 is 2.54 bits per heavy atom. The zero-order chi connectivity index (χ0) is 18.1. The van der Waals surface area contributed by atoms with Crippen molar-refractivity contribution in [2.24, 2.45) is 4.99 Å². The van der Waals surface area contributed by atoms with Gasteiger partial charge < -0.3 is 15.2 Å². The Hall–Kier alpha value is -2.63. The molecule has 1 fully saturated rings. The Kier molecular flexibility index (Phi) is 4.26. The van der Waals surface area contributed by atoms with Gasteiger partial charge in [0.1, 0.15) is 17.7 Å². The van der Waals surface area contributed by atoms with Gasteiger partial charge in [0.2, 0.25) is 5.88 Å². The molecule has 1 saturated carbocycles. The normalized spacial score (nSPS) is 19.2. The van der Waals surface area contributed by atoms with E-state index in [2.05, 4.69) is 9.97 Å². The van der Waals surface area contributed by atoms with Gasteiger partial charge in [-0.1, -0.05) is 6.42 Å². The molecule has 6 nitrogen and oxygen atoms in total. The van der Waals surface area contributed by atoms with Gasteiger partial charge in [-0.25, -0.2) is 9.98 Å². The lowest BCUT2D eigenvalue weighted by Gasteiger charge is -2.32. The Morgan fingerprint density at radius 1 is 1.08 bits per heavy atom. The molecule has 0 spiro atoms. The molecular weight excluding hydrogens is 328 g/mol. The van der Waals surface area contributed by atoms with E-state index in [4.69, 9.17) is 20.2 Å². The van der Waals surface area contributed by atoms with Crippen molar-refractivity contribution in [2.45, 2.75) is 57.7 Å². The third-order valence-electron chi connectivity index (χ3n) is 4.95. The van der Waals surface area contributed by atoms with Crippen LogP contribution >= 0.6 is 0 Å². The summed E-state index contributed by atoms with van der Waals surface area (Å²) in [6.45, 7) is 3.94. The summed E-state index contributed by atoms with van der Waals surface area (Å²) in [5, 5.41) is 0. The molecule has 0 bridgehead atoms. The highest BCUT2D eigenvalue weighted by Crippen LogP contribution is 2.39. The van der Waals surface area contributed by atoms with E-state index in [1.165, 1.54) is 25.6 Å². The topological polar surface area (TPSA) is 82.6 Å². The summed E-state index contributed by atoms with van der Waals surface area (Å²) in [6.07, 6.45) is 7.85. The van der Waals surface area contributed by atoms with E-state index >= 15 is 0 Å². The molecule has 6 heteroatoms. The van der Waals surface area contributed by atoms with Crippen molar-refractivity contribution in [1.82, 2.24) is 9.97 Å². The lowest BCUT2D eigenvalue weighted by atomic mass is 9.94. The second-order valence-electron chi connectivity index (χ2n) is 7.39. The summed E-state index contributed by atoms with van der Waals surface area (Å²) in [4.78, 5) is 12.9. The van der Waals surface area contributed by atoms with Crippen LogP contribution in [0, 0.1) is 0 Å². The van der Waals surface area contributed by atoms with E-state index in [9.17, 15) is 0 Å². The minimum Gasteiger partial charge on any atom is -0.490 e. The molecule has 4 rings (SSSR count). The van der Waals surface area contributed by atoms with Gasteiger partial charge in [0, 0.05) is 5.56 Å². The number of fused-ring (bicyclic) bond motifs is 1. The highest BCUT2D eigenvalue weighted by atomic mass is 16.5.